The van der Waals surface area contributed by atoms with Crippen molar-refractivity contribution in [2.75, 3.05) is 6.54 Å². The van der Waals surface area contributed by atoms with Crippen molar-refractivity contribution in [3.05, 3.63) is 0 Å². The molecule has 1 amide bonds. The zero-order valence-electron chi connectivity index (χ0n) is 6.86. The first-order valence-electron chi connectivity index (χ1n) is 3.40. The molecule has 1 N–H and O–H groups in total. The van der Waals surface area contributed by atoms with Crippen LogP contribution in [0.3, 0.4) is 0 Å². The lowest BCUT2D eigenvalue weighted by molar-refractivity contribution is -0.0383. The van der Waals surface area contributed by atoms with E-state index in [1.165, 1.54) is 6.92 Å². The molecule has 0 aromatic carbocycles. The Bertz CT molecular complexity index is 173. The average Bonchev–Trinajstić information content (AvgIpc) is 1.84. The maximum absolute atomic E-state index is 10.7. The normalized spacial score (nSPS) is 11.6. The molecule has 0 saturated carbocycles. The van der Waals surface area contributed by atoms with Gasteiger partial charge in [-0.2, -0.15) is 0 Å². The fourth-order valence-electron chi connectivity index (χ4n) is 0.503. The second kappa shape index (κ2) is 5.70. The standard InChI is InChI=1S/C6H11NO4S/c1-3-7-5(8)10-4(2)11-6(9)12/h4H,3H2,1-2H3,(H,7,8)(H,9,12). The summed E-state index contributed by atoms with van der Waals surface area (Å²) in [7, 11) is 0. The molecule has 6 heteroatoms. The lowest BCUT2D eigenvalue weighted by atomic mass is 10.7. The summed E-state index contributed by atoms with van der Waals surface area (Å²) >= 11 is 3.34. The Morgan fingerprint density at radius 1 is 1.50 bits per heavy atom. The summed E-state index contributed by atoms with van der Waals surface area (Å²) < 4.78 is 8.97. The molecule has 0 heterocycles. The molecule has 5 nitrogen and oxygen atoms in total. The summed E-state index contributed by atoms with van der Waals surface area (Å²) in [5.74, 6) is 0. The fraction of sp³-hybridized carbons (Fsp3) is 0.667. The number of alkyl carbamates (subject to hydrolysis) is 1. The molecule has 1 atom stereocenters. The lowest BCUT2D eigenvalue weighted by Crippen LogP contribution is -2.29. The lowest BCUT2D eigenvalue weighted by Gasteiger charge is -2.11. The van der Waals surface area contributed by atoms with Gasteiger partial charge in [0.1, 0.15) is 0 Å². The Balaban J connectivity index is 3.61. The minimum Gasteiger partial charge on any atom is -0.417 e. The van der Waals surface area contributed by atoms with E-state index in [0.29, 0.717) is 6.54 Å². The van der Waals surface area contributed by atoms with Gasteiger partial charge in [0, 0.05) is 13.5 Å². The van der Waals surface area contributed by atoms with Gasteiger partial charge >= 0.3 is 11.4 Å². The van der Waals surface area contributed by atoms with Crippen molar-refractivity contribution in [1.29, 1.82) is 0 Å². The first-order chi connectivity index (χ1) is 5.56. The molecule has 0 fully saturated rings. The maximum Gasteiger partial charge on any atom is 0.410 e. The van der Waals surface area contributed by atoms with Gasteiger partial charge in [0.25, 0.3) is 0 Å². The monoisotopic (exact) mass is 193 g/mol. The summed E-state index contributed by atoms with van der Waals surface area (Å²) in [5.41, 5.74) is 0. The largest absolute Gasteiger partial charge is 0.417 e. The molecule has 0 aliphatic heterocycles. The Kier molecular flexibility index (Phi) is 5.27. The molecule has 0 radical (unpaired) electrons. The number of rotatable bonds is 3. The molecular formula is C6H11NO4S. The highest BCUT2D eigenvalue weighted by atomic mass is 32.1. The van der Waals surface area contributed by atoms with E-state index in [1.54, 1.807) is 6.92 Å². The molecule has 1 unspecified atom stereocenters. The van der Waals surface area contributed by atoms with Crippen LogP contribution >= 0.6 is 12.6 Å². The van der Waals surface area contributed by atoms with Crippen LogP contribution in [0.1, 0.15) is 13.8 Å². The van der Waals surface area contributed by atoms with E-state index in [-0.39, 0.29) is 0 Å². The Labute approximate surface area is 75.8 Å². The van der Waals surface area contributed by atoms with Gasteiger partial charge in [-0.15, -0.1) is 0 Å². The predicted molar refractivity (Wildman–Crippen MR) is 45.1 cm³/mol. The van der Waals surface area contributed by atoms with Crippen LogP contribution in [0.5, 0.6) is 0 Å². The summed E-state index contributed by atoms with van der Waals surface area (Å²) in [6, 6.07) is 0. The van der Waals surface area contributed by atoms with Gasteiger partial charge in [-0.3, -0.25) is 0 Å². The Hall–Kier alpha value is -0.910. The van der Waals surface area contributed by atoms with Crippen molar-refractivity contribution in [2.24, 2.45) is 0 Å². The van der Waals surface area contributed by atoms with E-state index >= 15 is 0 Å². The molecule has 0 aromatic rings. The SMILES string of the molecule is CCNC(=O)OC(C)OC(=O)S. The van der Waals surface area contributed by atoms with Crippen LogP contribution in [0.4, 0.5) is 9.59 Å². The highest BCUT2D eigenvalue weighted by Gasteiger charge is 2.10. The summed E-state index contributed by atoms with van der Waals surface area (Å²) in [6.07, 6.45) is -1.54. The van der Waals surface area contributed by atoms with Gasteiger partial charge in [0.05, 0.1) is 0 Å². The topological polar surface area (TPSA) is 64.6 Å². The third-order valence-electron chi connectivity index (χ3n) is 0.861. The molecule has 0 bridgehead atoms. The van der Waals surface area contributed by atoms with Gasteiger partial charge in [-0.1, -0.05) is 12.6 Å². The first kappa shape index (κ1) is 11.1. The number of hydrogen-bond acceptors (Lipinski definition) is 4. The van der Waals surface area contributed by atoms with Crippen molar-refractivity contribution < 1.29 is 19.1 Å². The molecule has 0 aliphatic rings. The van der Waals surface area contributed by atoms with Crippen molar-refractivity contribution in [1.82, 2.24) is 5.32 Å². The number of nitrogens with one attached hydrogen (secondary N) is 1. The van der Waals surface area contributed by atoms with Crippen LogP contribution in [0.2, 0.25) is 0 Å². The van der Waals surface area contributed by atoms with Crippen molar-refractivity contribution in [2.45, 2.75) is 20.1 Å². The van der Waals surface area contributed by atoms with Crippen LogP contribution in [0.25, 0.3) is 0 Å². The maximum atomic E-state index is 10.7. The summed E-state index contributed by atoms with van der Waals surface area (Å²) in [4.78, 5) is 20.9. The van der Waals surface area contributed by atoms with Crippen LogP contribution in [0, 0.1) is 0 Å². The van der Waals surface area contributed by atoms with Crippen LogP contribution in [0.15, 0.2) is 0 Å². The molecule has 0 saturated heterocycles. The second-order valence-corrected chi connectivity index (χ2v) is 2.25. The summed E-state index contributed by atoms with van der Waals surface area (Å²) in [6.45, 7) is 3.63. The molecule has 0 aliphatic carbocycles. The fourth-order valence-corrected chi connectivity index (χ4v) is 0.651. The predicted octanol–water partition coefficient (Wildman–Crippen LogP) is 1.14. The molecule has 12 heavy (non-hydrogen) atoms. The van der Waals surface area contributed by atoms with E-state index in [4.69, 9.17) is 0 Å². The number of carbonyl (C=O) groups is 2. The highest BCUT2D eigenvalue weighted by molar-refractivity contribution is 7.96. The molecule has 70 valence electrons. The minimum atomic E-state index is -0.915. The number of ether oxygens (including phenoxy) is 2. The van der Waals surface area contributed by atoms with E-state index in [0.717, 1.165) is 0 Å². The average molecular weight is 193 g/mol. The first-order valence-corrected chi connectivity index (χ1v) is 3.85. The van der Waals surface area contributed by atoms with Crippen LogP contribution in [-0.4, -0.2) is 24.2 Å². The van der Waals surface area contributed by atoms with Gasteiger partial charge < -0.3 is 14.8 Å². The van der Waals surface area contributed by atoms with Gasteiger partial charge in [-0.25, -0.2) is 9.59 Å². The van der Waals surface area contributed by atoms with Crippen molar-refractivity contribution >= 4 is 24.0 Å². The molecule has 0 rings (SSSR count). The number of hydrogen-bond donors (Lipinski definition) is 2. The number of amides is 1. The minimum absolute atomic E-state index is 0.459. The number of carbonyl (C=O) groups excluding carboxylic acids is 2. The highest BCUT2D eigenvalue weighted by Crippen LogP contribution is 1.97. The van der Waals surface area contributed by atoms with Gasteiger partial charge in [0.15, 0.2) is 0 Å². The van der Waals surface area contributed by atoms with E-state index in [1.807, 2.05) is 0 Å². The second-order valence-electron chi connectivity index (χ2n) is 1.89. The number of thiol groups is 1. The molecule has 0 spiro atoms. The third-order valence-corrected chi connectivity index (χ3v) is 0.966. The smallest absolute Gasteiger partial charge is 0.410 e. The Morgan fingerprint density at radius 3 is 2.50 bits per heavy atom. The zero-order valence-corrected chi connectivity index (χ0v) is 7.76. The molecule has 0 aromatic heterocycles. The van der Waals surface area contributed by atoms with E-state index in [9.17, 15) is 9.59 Å². The third kappa shape index (κ3) is 5.84. The van der Waals surface area contributed by atoms with Crippen LogP contribution < -0.4 is 5.32 Å². The quantitative estimate of drug-likeness (QED) is 0.401. The summed E-state index contributed by atoms with van der Waals surface area (Å²) in [5, 5.41) is 1.59. The van der Waals surface area contributed by atoms with E-state index < -0.39 is 17.7 Å². The Morgan fingerprint density at radius 2 is 2.08 bits per heavy atom. The molecular weight excluding hydrogens is 182 g/mol. The zero-order chi connectivity index (χ0) is 9.56. The van der Waals surface area contributed by atoms with Gasteiger partial charge in [-0.05, 0) is 6.92 Å². The van der Waals surface area contributed by atoms with Crippen molar-refractivity contribution in [3.63, 3.8) is 0 Å². The van der Waals surface area contributed by atoms with Gasteiger partial charge in [0.2, 0.25) is 6.29 Å². The van der Waals surface area contributed by atoms with Crippen molar-refractivity contribution in [3.8, 4) is 0 Å². The van der Waals surface area contributed by atoms with Crippen LogP contribution in [-0.2, 0) is 9.47 Å². The van der Waals surface area contributed by atoms with E-state index in [2.05, 4.69) is 27.4 Å².